The van der Waals surface area contributed by atoms with Gasteiger partial charge in [-0.3, -0.25) is 4.98 Å². The summed E-state index contributed by atoms with van der Waals surface area (Å²) in [6.45, 7) is 4.63. The Hall–Kier alpha value is -1.87. The molecular formula is C17H21N3. The molecule has 2 N–H and O–H groups in total. The second-order valence-electron chi connectivity index (χ2n) is 5.48. The molecule has 2 aromatic rings. The van der Waals surface area contributed by atoms with Crippen molar-refractivity contribution in [2.24, 2.45) is 5.73 Å². The number of aromatic nitrogens is 1. The fraction of sp³-hybridized carbons (Fsp3) is 0.353. The Morgan fingerprint density at radius 3 is 2.90 bits per heavy atom. The van der Waals surface area contributed by atoms with Gasteiger partial charge in [-0.1, -0.05) is 23.8 Å². The van der Waals surface area contributed by atoms with Crippen LogP contribution in [0.3, 0.4) is 0 Å². The number of rotatable bonds is 3. The SMILES string of the molecule is Cc1ccc2c(c1)CCCN2Cc1cccc(CN)n1. The quantitative estimate of drug-likeness (QED) is 0.930. The molecule has 0 amide bonds. The zero-order valence-electron chi connectivity index (χ0n) is 12.0. The number of benzene rings is 1. The Morgan fingerprint density at radius 1 is 1.20 bits per heavy atom. The Balaban J connectivity index is 1.85. The molecule has 0 spiro atoms. The smallest absolute Gasteiger partial charge is 0.0602 e. The van der Waals surface area contributed by atoms with E-state index in [0.717, 1.165) is 24.5 Å². The van der Waals surface area contributed by atoms with E-state index in [1.807, 2.05) is 12.1 Å². The van der Waals surface area contributed by atoms with Crippen molar-refractivity contribution in [1.82, 2.24) is 4.98 Å². The van der Waals surface area contributed by atoms with Gasteiger partial charge in [0.15, 0.2) is 0 Å². The summed E-state index contributed by atoms with van der Waals surface area (Å²) in [5, 5.41) is 0. The third kappa shape index (κ3) is 2.68. The molecular weight excluding hydrogens is 246 g/mol. The lowest BCUT2D eigenvalue weighted by Gasteiger charge is -2.31. The topological polar surface area (TPSA) is 42.1 Å². The van der Waals surface area contributed by atoms with Crippen LogP contribution in [0.4, 0.5) is 5.69 Å². The first-order valence-electron chi connectivity index (χ1n) is 7.25. The molecule has 0 atom stereocenters. The van der Waals surface area contributed by atoms with Crippen LogP contribution >= 0.6 is 0 Å². The van der Waals surface area contributed by atoms with E-state index in [1.54, 1.807) is 0 Å². The Kier molecular flexibility index (Phi) is 3.70. The minimum absolute atomic E-state index is 0.504. The highest BCUT2D eigenvalue weighted by Crippen LogP contribution is 2.28. The zero-order valence-corrected chi connectivity index (χ0v) is 12.0. The van der Waals surface area contributed by atoms with Crippen molar-refractivity contribution in [2.75, 3.05) is 11.4 Å². The molecule has 0 saturated heterocycles. The van der Waals surface area contributed by atoms with Gasteiger partial charge in [0.2, 0.25) is 0 Å². The Labute approximate surface area is 120 Å². The van der Waals surface area contributed by atoms with E-state index in [1.165, 1.54) is 29.7 Å². The Bertz CT molecular complexity index is 607. The molecule has 0 unspecified atom stereocenters. The maximum absolute atomic E-state index is 5.67. The lowest BCUT2D eigenvalue weighted by molar-refractivity contribution is 0.681. The van der Waals surface area contributed by atoms with Gasteiger partial charge in [-0.05, 0) is 43.5 Å². The van der Waals surface area contributed by atoms with E-state index in [4.69, 9.17) is 5.73 Å². The molecule has 1 aliphatic heterocycles. The molecule has 3 rings (SSSR count). The molecule has 0 saturated carbocycles. The Morgan fingerprint density at radius 2 is 2.05 bits per heavy atom. The molecule has 1 aromatic carbocycles. The third-order valence-electron chi connectivity index (χ3n) is 3.88. The highest BCUT2D eigenvalue weighted by atomic mass is 15.1. The molecule has 3 nitrogen and oxygen atoms in total. The van der Waals surface area contributed by atoms with Gasteiger partial charge >= 0.3 is 0 Å². The van der Waals surface area contributed by atoms with Gasteiger partial charge in [0.1, 0.15) is 0 Å². The summed E-state index contributed by atoms with van der Waals surface area (Å²) < 4.78 is 0. The van der Waals surface area contributed by atoms with Crippen LogP contribution in [-0.4, -0.2) is 11.5 Å². The van der Waals surface area contributed by atoms with Gasteiger partial charge in [0.05, 0.1) is 17.9 Å². The van der Waals surface area contributed by atoms with Crippen molar-refractivity contribution in [2.45, 2.75) is 32.9 Å². The number of pyridine rings is 1. The second-order valence-corrected chi connectivity index (χ2v) is 5.48. The molecule has 0 bridgehead atoms. The fourth-order valence-corrected chi connectivity index (χ4v) is 2.89. The van der Waals surface area contributed by atoms with Crippen LogP contribution < -0.4 is 10.6 Å². The molecule has 1 aromatic heterocycles. The van der Waals surface area contributed by atoms with Crippen molar-refractivity contribution < 1.29 is 0 Å². The molecule has 3 heteroatoms. The van der Waals surface area contributed by atoms with Gasteiger partial charge in [0, 0.05) is 18.8 Å². The summed E-state index contributed by atoms with van der Waals surface area (Å²) >= 11 is 0. The van der Waals surface area contributed by atoms with Crippen molar-refractivity contribution in [3.8, 4) is 0 Å². The number of nitrogens with zero attached hydrogens (tertiary/aromatic N) is 2. The molecule has 0 aliphatic carbocycles. The number of hydrogen-bond donors (Lipinski definition) is 1. The zero-order chi connectivity index (χ0) is 13.9. The maximum atomic E-state index is 5.67. The van der Waals surface area contributed by atoms with E-state index in [2.05, 4.69) is 41.1 Å². The predicted octanol–water partition coefficient (Wildman–Crippen LogP) is 2.80. The van der Waals surface area contributed by atoms with Crippen LogP contribution in [0.1, 0.15) is 28.9 Å². The third-order valence-corrected chi connectivity index (χ3v) is 3.88. The van der Waals surface area contributed by atoms with Crippen LogP contribution in [0.2, 0.25) is 0 Å². The number of anilines is 1. The van der Waals surface area contributed by atoms with Crippen molar-refractivity contribution >= 4 is 5.69 Å². The maximum Gasteiger partial charge on any atom is 0.0602 e. The minimum atomic E-state index is 0.504. The fourth-order valence-electron chi connectivity index (χ4n) is 2.89. The van der Waals surface area contributed by atoms with Crippen molar-refractivity contribution in [3.63, 3.8) is 0 Å². The predicted molar refractivity (Wildman–Crippen MR) is 82.7 cm³/mol. The van der Waals surface area contributed by atoms with E-state index in [9.17, 15) is 0 Å². The minimum Gasteiger partial charge on any atom is -0.365 e. The number of nitrogens with two attached hydrogens (primary N) is 1. The molecule has 104 valence electrons. The highest BCUT2D eigenvalue weighted by Gasteiger charge is 2.17. The van der Waals surface area contributed by atoms with Crippen molar-refractivity contribution in [3.05, 3.63) is 58.9 Å². The number of fused-ring (bicyclic) bond motifs is 1. The van der Waals surface area contributed by atoms with Gasteiger partial charge in [-0.15, -0.1) is 0 Å². The van der Waals surface area contributed by atoms with Gasteiger partial charge < -0.3 is 10.6 Å². The number of aryl methyl sites for hydroxylation is 2. The highest BCUT2D eigenvalue weighted by molar-refractivity contribution is 5.56. The van der Waals surface area contributed by atoms with E-state index in [-0.39, 0.29) is 0 Å². The summed E-state index contributed by atoms with van der Waals surface area (Å²) in [6.07, 6.45) is 2.40. The molecule has 20 heavy (non-hydrogen) atoms. The first-order chi connectivity index (χ1) is 9.76. The lowest BCUT2D eigenvalue weighted by atomic mass is 9.99. The van der Waals surface area contributed by atoms with Crippen LogP contribution in [0.5, 0.6) is 0 Å². The molecule has 0 radical (unpaired) electrons. The monoisotopic (exact) mass is 267 g/mol. The summed E-state index contributed by atoms with van der Waals surface area (Å²) in [7, 11) is 0. The van der Waals surface area contributed by atoms with Crippen LogP contribution in [0.15, 0.2) is 36.4 Å². The molecule has 2 heterocycles. The van der Waals surface area contributed by atoms with E-state index >= 15 is 0 Å². The van der Waals surface area contributed by atoms with Gasteiger partial charge in [0.25, 0.3) is 0 Å². The van der Waals surface area contributed by atoms with Crippen LogP contribution in [0.25, 0.3) is 0 Å². The summed E-state index contributed by atoms with van der Waals surface area (Å²) in [4.78, 5) is 7.04. The van der Waals surface area contributed by atoms with Crippen LogP contribution in [0, 0.1) is 6.92 Å². The second kappa shape index (κ2) is 5.63. The van der Waals surface area contributed by atoms with Gasteiger partial charge in [-0.25, -0.2) is 0 Å². The summed E-state index contributed by atoms with van der Waals surface area (Å²) in [6, 6.07) is 12.9. The van der Waals surface area contributed by atoms with E-state index < -0.39 is 0 Å². The van der Waals surface area contributed by atoms with Crippen LogP contribution in [-0.2, 0) is 19.5 Å². The lowest BCUT2D eigenvalue weighted by Crippen LogP contribution is -2.29. The first-order valence-corrected chi connectivity index (χ1v) is 7.25. The molecule has 0 fully saturated rings. The standard InChI is InChI=1S/C17H21N3/c1-13-7-8-17-14(10-13)4-3-9-20(17)12-16-6-2-5-15(11-18)19-16/h2,5-8,10H,3-4,9,11-12,18H2,1H3. The first kappa shape index (κ1) is 13.1. The molecule has 1 aliphatic rings. The summed E-state index contributed by atoms with van der Waals surface area (Å²) in [5.74, 6) is 0. The average molecular weight is 267 g/mol. The largest absolute Gasteiger partial charge is 0.365 e. The van der Waals surface area contributed by atoms with Gasteiger partial charge in [-0.2, -0.15) is 0 Å². The van der Waals surface area contributed by atoms with E-state index in [0.29, 0.717) is 6.54 Å². The van der Waals surface area contributed by atoms with Crippen molar-refractivity contribution in [1.29, 1.82) is 0 Å². The number of hydrogen-bond acceptors (Lipinski definition) is 3. The average Bonchev–Trinajstić information content (AvgIpc) is 2.47. The summed E-state index contributed by atoms with van der Waals surface area (Å²) in [5.41, 5.74) is 11.9. The normalized spacial score (nSPS) is 14.2.